The summed E-state index contributed by atoms with van der Waals surface area (Å²) in [5.74, 6) is -0.852. The van der Waals surface area contributed by atoms with E-state index in [1.54, 1.807) is 43.3 Å². The molecule has 1 aliphatic heterocycles. The minimum absolute atomic E-state index is 0.293. The van der Waals surface area contributed by atoms with Gasteiger partial charge in [0, 0.05) is 15.7 Å². The Kier molecular flexibility index (Phi) is 6.62. The van der Waals surface area contributed by atoms with Crippen LogP contribution in [-0.4, -0.2) is 10.5 Å². The van der Waals surface area contributed by atoms with E-state index in [9.17, 15) is 14.0 Å². The van der Waals surface area contributed by atoms with Crippen LogP contribution in [0.15, 0.2) is 93.9 Å². The molecule has 1 atom stereocenters. The summed E-state index contributed by atoms with van der Waals surface area (Å²) in [5, 5.41) is 3.85. The highest BCUT2D eigenvalue weighted by Crippen LogP contribution is 2.31. The number of anilines is 1. The number of allylic oxidation sites excluding steroid dienone is 1. The van der Waals surface area contributed by atoms with E-state index < -0.39 is 17.8 Å². The number of rotatable bonds is 4. The van der Waals surface area contributed by atoms with Crippen molar-refractivity contribution in [2.45, 2.75) is 13.0 Å². The molecule has 0 spiro atoms. The number of hydrogen-bond acceptors (Lipinski definition) is 4. The van der Waals surface area contributed by atoms with Crippen molar-refractivity contribution in [1.29, 1.82) is 0 Å². The normalized spacial score (nSPS) is 15.4. The van der Waals surface area contributed by atoms with Crippen molar-refractivity contribution in [3.8, 4) is 0 Å². The van der Waals surface area contributed by atoms with Crippen LogP contribution < -0.4 is 20.2 Å². The Morgan fingerprint density at radius 3 is 2.44 bits per heavy atom. The first-order chi connectivity index (χ1) is 17.3. The van der Waals surface area contributed by atoms with Crippen molar-refractivity contribution in [2.24, 2.45) is 4.99 Å². The predicted octanol–water partition coefficient (Wildman–Crippen LogP) is 5.32. The molecule has 5 rings (SSSR count). The molecule has 0 aliphatic carbocycles. The van der Waals surface area contributed by atoms with Crippen molar-refractivity contribution < 1.29 is 9.18 Å². The summed E-state index contributed by atoms with van der Waals surface area (Å²) in [5.41, 5.74) is 2.31. The van der Waals surface area contributed by atoms with Gasteiger partial charge in [-0.3, -0.25) is 14.2 Å². The van der Waals surface area contributed by atoms with E-state index in [1.807, 2.05) is 18.2 Å². The van der Waals surface area contributed by atoms with Gasteiger partial charge in [-0.05, 0) is 66.6 Å². The number of carbonyl (C=O) groups is 1. The third-order valence-electron chi connectivity index (χ3n) is 5.75. The van der Waals surface area contributed by atoms with Gasteiger partial charge in [0.2, 0.25) is 0 Å². The minimum atomic E-state index is -0.743. The second kappa shape index (κ2) is 9.85. The van der Waals surface area contributed by atoms with Gasteiger partial charge in [0.25, 0.3) is 11.5 Å². The van der Waals surface area contributed by atoms with E-state index in [1.165, 1.54) is 40.2 Å². The molecule has 1 unspecified atom stereocenters. The van der Waals surface area contributed by atoms with Gasteiger partial charge in [-0.25, -0.2) is 9.38 Å². The van der Waals surface area contributed by atoms with Crippen molar-refractivity contribution in [3.63, 3.8) is 0 Å². The van der Waals surface area contributed by atoms with E-state index in [0.717, 1.165) is 0 Å². The van der Waals surface area contributed by atoms with Crippen LogP contribution in [-0.2, 0) is 4.79 Å². The van der Waals surface area contributed by atoms with Crippen LogP contribution in [0.3, 0.4) is 0 Å². The van der Waals surface area contributed by atoms with Gasteiger partial charge in [-0.15, -0.1) is 0 Å². The third-order valence-corrected chi connectivity index (χ3v) is 7.33. The van der Waals surface area contributed by atoms with E-state index in [0.29, 0.717) is 47.5 Å². The molecule has 36 heavy (non-hydrogen) atoms. The van der Waals surface area contributed by atoms with Gasteiger partial charge in [0.1, 0.15) is 5.82 Å². The van der Waals surface area contributed by atoms with Crippen LogP contribution in [0.2, 0.25) is 10.0 Å². The number of halogens is 3. The summed E-state index contributed by atoms with van der Waals surface area (Å²) in [4.78, 5) is 32.2. The Morgan fingerprint density at radius 2 is 1.75 bits per heavy atom. The maximum atomic E-state index is 13.7. The highest BCUT2D eigenvalue weighted by Gasteiger charge is 2.32. The Bertz CT molecular complexity index is 1690. The molecule has 0 radical (unpaired) electrons. The lowest BCUT2D eigenvalue weighted by atomic mass is 9.95. The molecule has 3 aromatic carbocycles. The van der Waals surface area contributed by atoms with Crippen molar-refractivity contribution in [2.75, 3.05) is 5.32 Å². The number of carbonyl (C=O) groups excluding carboxylic acids is 1. The van der Waals surface area contributed by atoms with Crippen molar-refractivity contribution in [3.05, 3.63) is 131 Å². The molecule has 9 heteroatoms. The Hall–Kier alpha value is -3.52. The first-order valence-electron chi connectivity index (χ1n) is 10.9. The van der Waals surface area contributed by atoms with Gasteiger partial charge in [-0.1, -0.05) is 64.9 Å². The molecule has 5 nitrogen and oxygen atoms in total. The molecule has 0 saturated heterocycles. The molecule has 1 N–H and O–H groups in total. The average Bonchev–Trinajstić information content (AvgIpc) is 3.16. The van der Waals surface area contributed by atoms with Gasteiger partial charge in [-0.2, -0.15) is 0 Å². The Balaban J connectivity index is 1.67. The first-order valence-corrected chi connectivity index (χ1v) is 12.5. The molecule has 1 aromatic heterocycles. The van der Waals surface area contributed by atoms with Crippen LogP contribution in [0, 0.1) is 5.82 Å². The number of nitrogens with zero attached hydrogens (tertiary/aromatic N) is 2. The zero-order valence-electron chi connectivity index (χ0n) is 18.8. The van der Waals surface area contributed by atoms with Crippen LogP contribution >= 0.6 is 34.5 Å². The number of benzene rings is 3. The monoisotopic (exact) mass is 537 g/mol. The summed E-state index contributed by atoms with van der Waals surface area (Å²) in [6.45, 7) is 1.73. The van der Waals surface area contributed by atoms with E-state index >= 15 is 0 Å². The van der Waals surface area contributed by atoms with Crippen molar-refractivity contribution in [1.82, 2.24) is 4.57 Å². The molecule has 1 amide bonds. The molecule has 0 saturated carbocycles. The van der Waals surface area contributed by atoms with E-state index in [-0.39, 0.29) is 5.56 Å². The molecule has 0 fully saturated rings. The molecule has 0 bridgehead atoms. The number of amides is 1. The van der Waals surface area contributed by atoms with Gasteiger partial charge in [0.05, 0.1) is 21.8 Å². The van der Waals surface area contributed by atoms with Gasteiger partial charge in [0.15, 0.2) is 4.80 Å². The Labute approximate surface area is 219 Å². The summed E-state index contributed by atoms with van der Waals surface area (Å²) < 4.78 is 15.3. The number of hydrogen-bond donors (Lipinski definition) is 1. The fourth-order valence-corrected chi connectivity index (χ4v) is 5.39. The van der Waals surface area contributed by atoms with Gasteiger partial charge < -0.3 is 5.32 Å². The first kappa shape index (κ1) is 24.2. The topological polar surface area (TPSA) is 63.5 Å². The summed E-state index contributed by atoms with van der Waals surface area (Å²) in [7, 11) is 0. The Morgan fingerprint density at radius 1 is 1.06 bits per heavy atom. The fourth-order valence-electron chi connectivity index (χ4n) is 4.04. The molecular formula is C27H18Cl2FN3O2S. The zero-order chi connectivity index (χ0) is 25.4. The second-order valence-corrected chi connectivity index (χ2v) is 9.97. The molecule has 2 heterocycles. The molecule has 4 aromatic rings. The van der Waals surface area contributed by atoms with Crippen molar-refractivity contribution >= 4 is 52.2 Å². The third kappa shape index (κ3) is 4.65. The van der Waals surface area contributed by atoms with Crippen LogP contribution in [0.25, 0.3) is 6.08 Å². The van der Waals surface area contributed by atoms with E-state index in [4.69, 9.17) is 23.2 Å². The lowest BCUT2D eigenvalue weighted by molar-refractivity contribution is -0.113. The minimum Gasteiger partial charge on any atom is -0.322 e. The average molecular weight is 538 g/mol. The predicted molar refractivity (Wildman–Crippen MR) is 142 cm³/mol. The highest BCUT2D eigenvalue weighted by molar-refractivity contribution is 7.07. The lowest BCUT2D eigenvalue weighted by Gasteiger charge is -2.25. The van der Waals surface area contributed by atoms with Gasteiger partial charge >= 0.3 is 0 Å². The fraction of sp³-hybridized carbons (Fsp3) is 0.0741. The maximum absolute atomic E-state index is 13.7. The highest BCUT2D eigenvalue weighted by atomic mass is 35.5. The summed E-state index contributed by atoms with van der Waals surface area (Å²) in [6.07, 6.45) is 1.72. The number of aromatic nitrogens is 1. The summed E-state index contributed by atoms with van der Waals surface area (Å²) >= 11 is 13.7. The van der Waals surface area contributed by atoms with Crippen LogP contribution in [0.5, 0.6) is 0 Å². The number of fused-ring (bicyclic) bond motifs is 1. The number of nitrogens with one attached hydrogen (secondary N) is 1. The lowest BCUT2D eigenvalue weighted by Crippen LogP contribution is -2.40. The van der Waals surface area contributed by atoms with E-state index in [2.05, 4.69) is 10.3 Å². The molecular weight excluding hydrogens is 520 g/mol. The smallest absolute Gasteiger partial charge is 0.271 e. The molecule has 1 aliphatic rings. The quantitative estimate of drug-likeness (QED) is 0.383. The standard InChI is InChI=1S/C27H18Cl2FN3O2S/c1-15-23(25(34)32-20-12-10-19(30)11-13-20)24(16-6-8-18(28)9-7-16)33-26(35)22(36-27(33)31-15)14-17-4-2-3-5-21(17)29/h2-14,24H,1H3,(H,32,34)/b22-14+. The van der Waals surface area contributed by atoms with Crippen LogP contribution in [0.4, 0.5) is 10.1 Å². The SMILES string of the molecule is CC1=C(C(=O)Nc2ccc(F)cc2)C(c2ccc(Cl)cc2)n2c(s/c(=C/c3ccccc3Cl)c2=O)=N1. The molecule has 180 valence electrons. The largest absolute Gasteiger partial charge is 0.322 e. The maximum Gasteiger partial charge on any atom is 0.271 e. The van der Waals surface area contributed by atoms with Crippen LogP contribution in [0.1, 0.15) is 24.1 Å². The summed E-state index contributed by atoms with van der Waals surface area (Å²) in [6, 6.07) is 18.9. The zero-order valence-corrected chi connectivity index (χ0v) is 21.2. The number of thiazole rings is 1. The second-order valence-electron chi connectivity index (χ2n) is 8.12.